The Hall–Kier alpha value is -2.04. The summed E-state index contributed by atoms with van der Waals surface area (Å²) in [5.74, 6) is -0.187. The summed E-state index contributed by atoms with van der Waals surface area (Å²) in [6, 6.07) is 3.14. The van der Waals surface area contributed by atoms with Gasteiger partial charge in [-0.25, -0.2) is 0 Å². The van der Waals surface area contributed by atoms with Crippen LogP contribution in [0.3, 0.4) is 0 Å². The van der Waals surface area contributed by atoms with Crippen molar-refractivity contribution < 1.29 is 14.0 Å². The third kappa shape index (κ3) is 3.21. The highest BCUT2D eigenvalue weighted by Gasteiger charge is 2.15. The Morgan fingerprint density at radius 1 is 1.41 bits per heavy atom. The summed E-state index contributed by atoms with van der Waals surface area (Å²) in [4.78, 5) is 22.9. The Kier molecular flexibility index (Phi) is 3.59. The van der Waals surface area contributed by atoms with Gasteiger partial charge in [0.05, 0.1) is 6.26 Å². The van der Waals surface area contributed by atoms with Crippen molar-refractivity contribution in [2.75, 3.05) is 0 Å². The van der Waals surface area contributed by atoms with Gasteiger partial charge in [0.2, 0.25) is 5.91 Å². The molecule has 90 valence electrons. The van der Waals surface area contributed by atoms with Crippen molar-refractivity contribution >= 4 is 11.8 Å². The molecule has 0 unspecified atom stereocenters. The van der Waals surface area contributed by atoms with Gasteiger partial charge in [0.15, 0.2) is 5.76 Å². The molecule has 0 saturated carbocycles. The van der Waals surface area contributed by atoms with Crippen LogP contribution in [0.5, 0.6) is 0 Å². The van der Waals surface area contributed by atoms with Gasteiger partial charge < -0.3 is 4.42 Å². The molecule has 0 saturated heterocycles. The molecule has 1 atom stereocenters. The predicted octanol–water partition coefficient (Wildman–Crippen LogP) is 1.40. The molecule has 5 nitrogen and oxygen atoms in total. The average Bonchev–Trinajstić information content (AvgIpc) is 2.97. The minimum Gasteiger partial charge on any atom is -0.459 e. The lowest BCUT2D eigenvalue weighted by molar-refractivity contribution is -0.122. The zero-order chi connectivity index (χ0) is 12.1. The van der Waals surface area contributed by atoms with E-state index in [1.807, 2.05) is 6.08 Å². The van der Waals surface area contributed by atoms with E-state index in [1.165, 1.54) is 12.3 Å². The highest BCUT2D eigenvalue weighted by molar-refractivity contribution is 5.92. The predicted molar refractivity (Wildman–Crippen MR) is 60.8 cm³/mol. The standard InChI is InChI=1S/C12H14N2O3/c15-11(8-9-4-1-2-5-9)13-14-12(16)10-6-3-7-17-10/h1,3-4,6-7,9H,2,5,8H2,(H,13,15)(H,14,16)/t9-/m1/s1. The Morgan fingerprint density at radius 2 is 2.29 bits per heavy atom. The number of hydrazine groups is 1. The number of allylic oxidation sites excluding steroid dienone is 2. The second-order valence-corrected chi connectivity index (χ2v) is 3.95. The molecule has 17 heavy (non-hydrogen) atoms. The van der Waals surface area contributed by atoms with Crippen LogP contribution in [0.15, 0.2) is 35.0 Å². The van der Waals surface area contributed by atoms with Crippen molar-refractivity contribution in [3.8, 4) is 0 Å². The van der Waals surface area contributed by atoms with Gasteiger partial charge in [-0.2, -0.15) is 0 Å². The summed E-state index contributed by atoms with van der Waals surface area (Å²) < 4.78 is 4.89. The van der Waals surface area contributed by atoms with Crippen molar-refractivity contribution in [1.29, 1.82) is 0 Å². The first kappa shape index (κ1) is 11.4. The van der Waals surface area contributed by atoms with Gasteiger partial charge in [0, 0.05) is 6.42 Å². The summed E-state index contributed by atoms with van der Waals surface area (Å²) in [6.07, 6.45) is 7.93. The normalized spacial score (nSPS) is 18.0. The van der Waals surface area contributed by atoms with E-state index in [0.717, 1.165) is 12.8 Å². The topological polar surface area (TPSA) is 71.3 Å². The number of rotatable bonds is 3. The van der Waals surface area contributed by atoms with E-state index in [2.05, 4.69) is 16.9 Å². The van der Waals surface area contributed by atoms with Gasteiger partial charge >= 0.3 is 5.91 Å². The van der Waals surface area contributed by atoms with Gasteiger partial charge in [-0.15, -0.1) is 0 Å². The summed E-state index contributed by atoms with van der Waals surface area (Å²) in [5, 5.41) is 0. The van der Waals surface area contributed by atoms with Crippen LogP contribution in [-0.4, -0.2) is 11.8 Å². The zero-order valence-electron chi connectivity index (χ0n) is 9.31. The summed E-state index contributed by atoms with van der Waals surface area (Å²) in [7, 11) is 0. The third-order valence-electron chi connectivity index (χ3n) is 2.62. The third-order valence-corrected chi connectivity index (χ3v) is 2.62. The molecule has 1 aromatic heterocycles. The van der Waals surface area contributed by atoms with Crippen molar-refractivity contribution in [3.63, 3.8) is 0 Å². The second-order valence-electron chi connectivity index (χ2n) is 3.95. The molecular formula is C12H14N2O3. The molecule has 0 aliphatic heterocycles. The molecule has 0 radical (unpaired) electrons. The number of amides is 2. The van der Waals surface area contributed by atoms with Gasteiger partial charge in [0.1, 0.15) is 0 Å². The first-order valence-electron chi connectivity index (χ1n) is 5.55. The van der Waals surface area contributed by atoms with Gasteiger partial charge in [0.25, 0.3) is 0 Å². The molecule has 1 heterocycles. The fourth-order valence-corrected chi connectivity index (χ4v) is 1.75. The maximum atomic E-state index is 11.5. The quantitative estimate of drug-likeness (QED) is 0.613. The monoisotopic (exact) mass is 234 g/mol. The summed E-state index contributed by atoms with van der Waals surface area (Å²) in [6.45, 7) is 0. The van der Waals surface area contributed by atoms with Gasteiger partial charge in [-0.1, -0.05) is 12.2 Å². The molecule has 5 heteroatoms. The van der Waals surface area contributed by atoms with E-state index in [1.54, 1.807) is 6.07 Å². The molecule has 2 amide bonds. The van der Waals surface area contributed by atoms with E-state index in [4.69, 9.17) is 4.42 Å². The van der Waals surface area contributed by atoms with E-state index in [-0.39, 0.29) is 17.6 Å². The first-order chi connectivity index (χ1) is 8.25. The van der Waals surface area contributed by atoms with Crippen LogP contribution in [0.25, 0.3) is 0 Å². The van der Waals surface area contributed by atoms with Gasteiger partial charge in [-0.05, 0) is 30.9 Å². The van der Waals surface area contributed by atoms with Crippen LogP contribution >= 0.6 is 0 Å². The minimum absolute atomic E-state index is 0.172. The molecule has 1 aliphatic rings. The van der Waals surface area contributed by atoms with E-state index in [9.17, 15) is 9.59 Å². The lowest BCUT2D eigenvalue weighted by Gasteiger charge is -2.08. The molecule has 1 aliphatic carbocycles. The smallest absolute Gasteiger partial charge is 0.305 e. The molecule has 1 aromatic rings. The Bertz CT molecular complexity index is 423. The highest BCUT2D eigenvalue weighted by Crippen LogP contribution is 2.19. The summed E-state index contributed by atoms with van der Waals surface area (Å²) >= 11 is 0. The minimum atomic E-state index is -0.453. The molecule has 0 fully saturated rings. The maximum Gasteiger partial charge on any atom is 0.305 e. The van der Waals surface area contributed by atoms with Crippen molar-refractivity contribution in [1.82, 2.24) is 10.9 Å². The van der Waals surface area contributed by atoms with E-state index < -0.39 is 5.91 Å². The van der Waals surface area contributed by atoms with Crippen LogP contribution < -0.4 is 10.9 Å². The SMILES string of the molecule is O=C(C[C@@H]1C=CCC1)NNC(=O)c1ccco1. The summed E-state index contributed by atoms with van der Waals surface area (Å²) in [5.41, 5.74) is 4.67. The fraction of sp³-hybridized carbons (Fsp3) is 0.333. The van der Waals surface area contributed by atoms with Crippen LogP contribution in [0.1, 0.15) is 29.8 Å². The maximum absolute atomic E-state index is 11.5. The fourth-order valence-electron chi connectivity index (χ4n) is 1.75. The van der Waals surface area contributed by atoms with Crippen molar-refractivity contribution in [2.24, 2.45) is 5.92 Å². The number of nitrogens with one attached hydrogen (secondary N) is 2. The zero-order valence-corrected chi connectivity index (χ0v) is 9.31. The number of carbonyl (C=O) groups excluding carboxylic acids is 2. The number of hydrogen-bond acceptors (Lipinski definition) is 3. The molecule has 0 bridgehead atoms. The number of furan rings is 1. The van der Waals surface area contributed by atoms with Crippen LogP contribution in [-0.2, 0) is 4.79 Å². The molecule has 2 N–H and O–H groups in total. The molecular weight excluding hydrogens is 220 g/mol. The van der Waals surface area contributed by atoms with E-state index in [0.29, 0.717) is 6.42 Å². The number of carbonyl (C=O) groups is 2. The first-order valence-corrected chi connectivity index (χ1v) is 5.55. The molecule has 0 aromatic carbocycles. The van der Waals surface area contributed by atoms with Crippen molar-refractivity contribution in [2.45, 2.75) is 19.3 Å². The largest absolute Gasteiger partial charge is 0.459 e. The number of hydrogen-bond donors (Lipinski definition) is 2. The van der Waals surface area contributed by atoms with Crippen LogP contribution in [0.4, 0.5) is 0 Å². The lowest BCUT2D eigenvalue weighted by atomic mass is 10.1. The Balaban J connectivity index is 1.72. The van der Waals surface area contributed by atoms with Crippen molar-refractivity contribution in [3.05, 3.63) is 36.3 Å². The molecule has 0 spiro atoms. The van der Waals surface area contributed by atoms with E-state index >= 15 is 0 Å². The van der Waals surface area contributed by atoms with Crippen LogP contribution in [0.2, 0.25) is 0 Å². The lowest BCUT2D eigenvalue weighted by Crippen LogP contribution is -2.41. The second kappa shape index (κ2) is 5.34. The molecule has 2 rings (SSSR count). The average molecular weight is 234 g/mol. The Labute approximate surface area is 98.8 Å². The highest BCUT2D eigenvalue weighted by atomic mass is 16.3. The Morgan fingerprint density at radius 3 is 2.94 bits per heavy atom. The van der Waals surface area contributed by atoms with Gasteiger partial charge in [-0.3, -0.25) is 20.4 Å². The van der Waals surface area contributed by atoms with Crippen LogP contribution in [0, 0.1) is 5.92 Å².